The minimum absolute atomic E-state index is 0.0960. The zero-order chi connectivity index (χ0) is 9.68. The van der Waals surface area contributed by atoms with Crippen molar-refractivity contribution in [2.75, 3.05) is 24.3 Å². The van der Waals surface area contributed by atoms with Crippen LogP contribution in [0.3, 0.4) is 0 Å². The van der Waals surface area contributed by atoms with E-state index in [9.17, 15) is 0 Å². The molecule has 0 unspecified atom stereocenters. The van der Waals surface area contributed by atoms with Crippen molar-refractivity contribution in [3.8, 4) is 0 Å². The Hall–Kier alpha value is -1.26. The fraction of sp³-hybridized carbons (Fsp3) is 0.333. The van der Waals surface area contributed by atoms with Crippen molar-refractivity contribution in [3.05, 3.63) is 23.8 Å². The normalized spacial score (nSPS) is 10.0. The van der Waals surface area contributed by atoms with Gasteiger partial charge in [0.05, 0.1) is 18.0 Å². The number of hydrogen-bond donors (Lipinski definition) is 4. The largest absolute Gasteiger partial charge is 0.397 e. The second-order valence-corrected chi connectivity index (χ2v) is 2.87. The Morgan fingerprint density at radius 2 is 2.23 bits per heavy atom. The molecule has 0 heterocycles. The summed E-state index contributed by atoms with van der Waals surface area (Å²) >= 11 is 0. The molecule has 13 heavy (non-hydrogen) atoms. The van der Waals surface area contributed by atoms with Crippen molar-refractivity contribution in [2.45, 2.75) is 6.92 Å². The van der Waals surface area contributed by atoms with Gasteiger partial charge in [-0.25, -0.2) is 5.43 Å². The maximum Gasteiger partial charge on any atom is 0.0718 e. The van der Waals surface area contributed by atoms with Crippen LogP contribution in [0.1, 0.15) is 5.56 Å². The molecule has 4 nitrogen and oxygen atoms in total. The van der Waals surface area contributed by atoms with Crippen LogP contribution in [0.2, 0.25) is 0 Å². The van der Waals surface area contributed by atoms with Gasteiger partial charge in [0.25, 0.3) is 0 Å². The topological polar surface area (TPSA) is 70.3 Å². The highest BCUT2D eigenvalue weighted by Gasteiger charge is 1.96. The Balaban J connectivity index is 2.56. The number of nitrogens with two attached hydrogens (primary N) is 1. The van der Waals surface area contributed by atoms with Crippen molar-refractivity contribution >= 4 is 11.4 Å². The lowest BCUT2D eigenvalue weighted by Gasteiger charge is -2.09. The molecule has 1 aromatic carbocycles. The van der Waals surface area contributed by atoms with Crippen molar-refractivity contribution in [1.82, 2.24) is 5.43 Å². The summed E-state index contributed by atoms with van der Waals surface area (Å²) in [6, 6.07) is 5.76. The fourth-order valence-electron chi connectivity index (χ4n) is 1.01. The van der Waals surface area contributed by atoms with Crippen LogP contribution >= 0.6 is 0 Å². The summed E-state index contributed by atoms with van der Waals surface area (Å²) in [5.41, 5.74) is 14.1. The molecule has 0 saturated heterocycles. The zero-order valence-electron chi connectivity index (χ0n) is 7.67. The zero-order valence-corrected chi connectivity index (χ0v) is 7.67. The third-order valence-electron chi connectivity index (χ3n) is 1.67. The van der Waals surface area contributed by atoms with Crippen LogP contribution in [-0.2, 0) is 0 Å². The molecular formula is C9H15N3O. The Labute approximate surface area is 77.7 Å². The van der Waals surface area contributed by atoms with Crippen LogP contribution in [0.25, 0.3) is 0 Å². The predicted molar refractivity (Wildman–Crippen MR) is 54.3 cm³/mol. The molecule has 1 rings (SSSR count). The predicted octanol–water partition coefficient (Wildman–Crippen LogP) is 0.486. The number of benzene rings is 1. The minimum Gasteiger partial charge on any atom is -0.397 e. The minimum atomic E-state index is 0.0960. The lowest BCUT2D eigenvalue weighted by atomic mass is 10.2. The van der Waals surface area contributed by atoms with Crippen molar-refractivity contribution < 1.29 is 5.11 Å². The standard InChI is InChI=1S/C9H15N3O/c1-7-2-3-9(8(10)6-7)12-11-4-5-13/h2-3,6,11-13H,4-5,10H2,1H3. The first-order valence-corrected chi connectivity index (χ1v) is 4.20. The Morgan fingerprint density at radius 1 is 1.46 bits per heavy atom. The number of rotatable bonds is 4. The number of nitrogen functional groups attached to an aromatic ring is 1. The molecule has 0 aliphatic carbocycles. The van der Waals surface area contributed by atoms with E-state index in [1.807, 2.05) is 25.1 Å². The molecule has 0 spiro atoms. The van der Waals surface area contributed by atoms with Gasteiger partial charge in [-0.15, -0.1) is 0 Å². The second kappa shape index (κ2) is 4.69. The van der Waals surface area contributed by atoms with Gasteiger partial charge in [0.15, 0.2) is 0 Å². The van der Waals surface area contributed by atoms with Gasteiger partial charge in [-0.3, -0.25) is 0 Å². The molecule has 0 saturated carbocycles. The Morgan fingerprint density at radius 3 is 2.85 bits per heavy atom. The van der Waals surface area contributed by atoms with Gasteiger partial charge in [0, 0.05) is 6.54 Å². The Kier molecular flexibility index (Phi) is 3.54. The molecule has 0 bridgehead atoms. The molecule has 5 N–H and O–H groups in total. The van der Waals surface area contributed by atoms with E-state index in [1.54, 1.807) is 0 Å². The smallest absolute Gasteiger partial charge is 0.0718 e. The summed E-state index contributed by atoms with van der Waals surface area (Å²) in [5, 5.41) is 8.52. The Bertz CT molecular complexity index is 276. The number of hydrogen-bond acceptors (Lipinski definition) is 4. The lowest BCUT2D eigenvalue weighted by Crippen LogP contribution is -2.25. The molecule has 0 radical (unpaired) electrons. The molecule has 0 aliphatic rings. The number of hydrazine groups is 1. The molecule has 0 aromatic heterocycles. The number of aryl methyl sites for hydroxylation is 1. The first-order valence-electron chi connectivity index (χ1n) is 4.20. The summed E-state index contributed by atoms with van der Waals surface area (Å²) < 4.78 is 0. The van der Waals surface area contributed by atoms with Gasteiger partial charge in [-0.05, 0) is 24.6 Å². The van der Waals surface area contributed by atoms with Gasteiger partial charge in [0.1, 0.15) is 0 Å². The van der Waals surface area contributed by atoms with Crippen molar-refractivity contribution in [1.29, 1.82) is 0 Å². The molecule has 72 valence electrons. The summed E-state index contributed by atoms with van der Waals surface area (Å²) in [7, 11) is 0. The number of nitrogens with one attached hydrogen (secondary N) is 2. The van der Waals surface area contributed by atoms with E-state index in [-0.39, 0.29) is 6.61 Å². The van der Waals surface area contributed by atoms with E-state index < -0.39 is 0 Å². The van der Waals surface area contributed by atoms with Crippen LogP contribution < -0.4 is 16.6 Å². The molecule has 0 amide bonds. The maximum atomic E-state index is 8.52. The highest BCUT2D eigenvalue weighted by atomic mass is 16.3. The van der Waals surface area contributed by atoms with E-state index in [4.69, 9.17) is 10.8 Å². The maximum absolute atomic E-state index is 8.52. The SMILES string of the molecule is Cc1ccc(NNCCO)c(N)c1. The van der Waals surface area contributed by atoms with Crippen molar-refractivity contribution in [3.63, 3.8) is 0 Å². The van der Waals surface area contributed by atoms with Crippen LogP contribution in [0.15, 0.2) is 18.2 Å². The second-order valence-electron chi connectivity index (χ2n) is 2.87. The average Bonchev–Trinajstić information content (AvgIpc) is 2.09. The molecule has 0 aliphatic heterocycles. The quantitative estimate of drug-likeness (QED) is 0.310. The van der Waals surface area contributed by atoms with E-state index in [0.717, 1.165) is 11.3 Å². The van der Waals surface area contributed by atoms with Crippen LogP contribution in [-0.4, -0.2) is 18.3 Å². The number of aliphatic hydroxyl groups excluding tert-OH is 1. The summed E-state index contributed by atoms with van der Waals surface area (Å²) in [6.45, 7) is 2.58. The number of aliphatic hydroxyl groups is 1. The average molecular weight is 181 g/mol. The van der Waals surface area contributed by atoms with Crippen molar-refractivity contribution in [2.24, 2.45) is 0 Å². The van der Waals surface area contributed by atoms with E-state index in [1.165, 1.54) is 0 Å². The molecule has 0 fully saturated rings. The first kappa shape index (κ1) is 9.83. The molecular weight excluding hydrogens is 166 g/mol. The van der Waals surface area contributed by atoms with Crippen LogP contribution in [0, 0.1) is 6.92 Å². The lowest BCUT2D eigenvalue weighted by molar-refractivity contribution is 0.296. The van der Waals surface area contributed by atoms with Gasteiger partial charge in [0.2, 0.25) is 0 Å². The van der Waals surface area contributed by atoms with Gasteiger partial charge in [-0.1, -0.05) is 6.07 Å². The summed E-state index contributed by atoms with van der Waals surface area (Å²) in [6.07, 6.45) is 0. The monoisotopic (exact) mass is 181 g/mol. The number of anilines is 2. The molecule has 4 heteroatoms. The molecule has 0 atom stereocenters. The third kappa shape index (κ3) is 2.93. The van der Waals surface area contributed by atoms with Crippen LogP contribution in [0.5, 0.6) is 0 Å². The van der Waals surface area contributed by atoms with E-state index >= 15 is 0 Å². The fourth-order valence-corrected chi connectivity index (χ4v) is 1.01. The molecule has 1 aromatic rings. The van der Waals surface area contributed by atoms with E-state index in [0.29, 0.717) is 12.2 Å². The third-order valence-corrected chi connectivity index (χ3v) is 1.67. The highest BCUT2D eigenvalue weighted by Crippen LogP contribution is 2.17. The summed E-state index contributed by atoms with van der Waals surface area (Å²) in [4.78, 5) is 0. The summed E-state index contributed by atoms with van der Waals surface area (Å²) in [5.74, 6) is 0. The van der Waals surface area contributed by atoms with Gasteiger partial charge >= 0.3 is 0 Å². The highest BCUT2D eigenvalue weighted by molar-refractivity contribution is 5.66. The van der Waals surface area contributed by atoms with Gasteiger partial charge < -0.3 is 16.3 Å². The van der Waals surface area contributed by atoms with Gasteiger partial charge in [-0.2, -0.15) is 0 Å². The van der Waals surface area contributed by atoms with E-state index in [2.05, 4.69) is 10.9 Å². The van der Waals surface area contributed by atoms with Crippen LogP contribution in [0.4, 0.5) is 11.4 Å². The first-order chi connectivity index (χ1) is 6.24.